The molecule has 0 saturated carbocycles. The summed E-state index contributed by atoms with van der Waals surface area (Å²) in [4.78, 5) is 23.9. The van der Waals surface area contributed by atoms with E-state index in [0.29, 0.717) is 13.1 Å². The lowest BCUT2D eigenvalue weighted by molar-refractivity contribution is -0.140. The number of amides is 2. The minimum Gasteiger partial charge on any atom is -0.384 e. The fourth-order valence-corrected chi connectivity index (χ4v) is 1.80. The lowest BCUT2D eigenvalue weighted by Gasteiger charge is -2.32. The second-order valence-electron chi connectivity index (χ2n) is 3.98. The van der Waals surface area contributed by atoms with Gasteiger partial charge >= 0.3 is 0 Å². The van der Waals surface area contributed by atoms with Gasteiger partial charge in [-0.25, -0.2) is 0 Å². The Labute approximate surface area is 89.4 Å². The number of hydrogen-bond acceptors (Lipinski definition) is 3. The van der Waals surface area contributed by atoms with E-state index in [4.69, 9.17) is 5.11 Å². The van der Waals surface area contributed by atoms with E-state index in [0.717, 1.165) is 12.8 Å². The molecule has 1 saturated heterocycles. The summed E-state index contributed by atoms with van der Waals surface area (Å²) in [5, 5.41) is 12.0. The maximum atomic E-state index is 11.4. The van der Waals surface area contributed by atoms with E-state index in [2.05, 4.69) is 5.32 Å². The van der Waals surface area contributed by atoms with E-state index in [9.17, 15) is 9.59 Å². The predicted octanol–water partition coefficient (Wildman–Crippen LogP) is -0.506. The number of aliphatic hydroxyl groups is 1. The van der Waals surface area contributed by atoms with Gasteiger partial charge in [-0.05, 0) is 19.8 Å². The number of hydrogen-bond donors (Lipinski definition) is 2. The molecule has 86 valence electrons. The first-order chi connectivity index (χ1) is 7.00. The quantitative estimate of drug-likeness (QED) is 0.650. The topological polar surface area (TPSA) is 69.6 Å². The SMILES string of the molecule is CC(=O)NC1CCN(C(=O)C(C)O)CC1. The second-order valence-corrected chi connectivity index (χ2v) is 3.98. The smallest absolute Gasteiger partial charge is 0.251 e. The highest BCUT2D eigenvalue weighted by molar-refractivity contribution is 5.80. The molecule has 5 heteroatoms. The molecule has 0 aromatic rings. The van der Waals surface area contributed by atoms with Crippen LogP contribution in [0.2, 0.25) is 0 Å². The van der Waals surface area contributed by atoms with Crippen LogP contribution in [-0.4, -0.2) is 47.1 Å². The molecule has 1 fully saturated rings. The Morgan fingerprint density at radius 1 is 1.40 bits per heavy atom. The average Bonchev–Trinajstić information content (AvgIpc) is 2.17. The van der Waals surface area contributed by atoms with Crippen molar-refractivity contribution in [3.63, 3.8) is 0 Å². The van der Waals surface area contributed by atoms with Crippen LogP contribution < -0.4 is 5.32 Å². The number of carbonyl (C=O) groups excluding carboxylic acids is 2. The van der Waals surface area contributed by atoms with Crippen LogP contribution in [0, 0.1) is 0 Å². The monoisotopic (exact) mass is 214 g/mol. The van der Waals surface area contributed by atoms with Crippen molar-refractivity contribution in [1.29, 1.82) is 0 Å². The largest absolute Gasteiger partial charge is 0.384 e. The fourth-order valence-electron chi connectivity index (χ4n) is 1.80. The normalized spacial score (nSPS) is 19.8. The summed E-state index contributed by atoms with van der Waals surface area (Å²) in [6.45, 7) is 4.18. The lowest BCUT2D eigenvalue weighted by atomic mass is 10.0. The lowest BCUT2D eigenvalue weighted by Crippen LogP contribution is -2.48. The Morgan fingerprint density at radius 3 is 2.33 bits per heavy atom. The van der Waals surface area contributed by atoms with Gasteiger partial charge in [0.25, 0.3) is 5.91 Å². The van der Waals surface area contributed by atoms with Crippen LogP contribution >= 0.6 is 0 Å². The summed E-state index contributed by atoms with van der Waals surface area (Å²) >= 11 is 0. The molecule has 0 spiro atoms. The maximum Gasteiger partial charge on any atom is 0.251 e. The Hall–Kier alpha value is -1.10. The molecule has 2 amide bonds. The fraction of sp³-hybridized carbons (Fsp3) is 0.800. The molecule has 0 aliphatic carbocycles. The standard InChI is InChI=1S/C10H18N2O3/c1-7(13)10(15)12-5-3-9(4-6-12)11-8(2)14/h7,9,13H,3-6H2,1-2H3,(H,11,14). The molecule has 1 aliphatic rings. The number of carbonyl (C=O) groups is 2. The molecule has 0 bridgehead atoms. The van der Waals surface area contributed by atoms with Gasteiger partial charge in [0.15, 0.2) is 0 Å². The summed E-state index contributed by atoms with van der Waals surface area (Å²) < 4.78 is 0. The number of likely N-dealkylation sites (tertiary alicyclic amines) is 1. The van der Waals surface area contributed by atoms with Crippen molar-refractivity contribution in [3.05, 3.63) is 0 Å². The summed E-state index contributed by atoms with van der Waals surface area (Å²) in [6.07, 6.45) is 0.595. The van der Waals surface area contributed by atoms with E-state index in [1.807, 2.05) is 0 Å². The first-order valence-corrected chi connectivity index (χ1v) is 5.24. The first kappa shape index (κ1) is 12.0. The van der Waals surface area contributed by atoms with Gasteiger partial charge in [0.2, 0.25) is 5.91 Å². The molecule has 0 aromatic heterocycles. The Bertz CT molecular complexity index is 245. The van der Waals surface area contributed by atoms with E-state index < -0.39 is 6.10 Å². The van der Waals surface area contributed by atoms with Crippen LogP contribution in [0.1, 0.15) is 26.7 Å². The zero-order valence-electron chi connectivity index (χ0n) is 9.19. The molecule has 1 aliphatic heterocycles. The first-order valence-electron chi connectivity index (χ1n) is 5.24. The molecular weight excluding hydrogens is 196 g/mol. The number of nitrogens with one attached hydrogen (secondary N) is 1. The molecule has 1 atom stereocenters. The highest BCUT2D eigenvalue weighted by Gasteiger charge is 2.25. The van der Waals surface area contributed by atoms with Gasteiger partial charge in [-0.15, -0.1) is 0 Å². The van der Waals surface area contributed by atoms with Crippen molar-refractivity contribution in [1.82, 2.24) is 10.2 Å². The number of aliphatic hydroxyl groups excluding tert-OH is 1. The zero-order valence-corrected chi connectivity index (χ0v) is 9.19. The van der Waals surface area contributed by atoms with Crippen LogP contribution in [-0.2, 0) is 9.59 Å². The van der Waals surface area contributed by atoms with Crippen LogP contribution in [0.3, 0.4) is 0 Å². The minimum absolute atomic E-state index is 0.0321. The summed E-state index contributed by atoms with van der Waals surface area (Å²) in [7, 11) is 0. The molecular formula is C10H18N2O3. The van der Waals surface area contributed by atoms with Crippen LogP contribution in [0.5, 0.6) is 0 Å². The summed E-state index contributed by atoms with van der Waals surface area (Å²) in [5.41, 5.74) is 0. The minimum atomic E-state index is -0.928. The molecule has 1 rings (SSSR count). The molecule has 1 heterocycles. The summed E-state index contributed by atoms with van der Waals surface area (Å²) in [6, 6.07) is 0.167. The number of rotatable bonds is 2. The van der Waals surface area contributed by atoms with Gasteiger partial charge in [0.1, 0.15) is 6.10 Å². The van der Waals surface area contributed by atoms with Crippen molar-refractivity contribution in [2.45, 2.75) is 38.8 Å². The van der Waals surface area contributed by atoms with Crippen molar-refractivity contribution in [2.75, 3.05) is 13.1 Å². The van der Waals surface area contributed by atoms with E-state index in [1.165, 1.54) is 13.8 Å². The molecule has 5 nitrogen and oxygen atoms in total. The highest BCUT2D eigenvalue weighted by atomic mass is 16.3. The van der Waals surface area contributed by atoms with E-state index in [1.54, 1.807) is 4.90 Å². The van der Waals surface area contributed by atoms with Gasteiger partial charge in [-0.1, -0.05) is 0 Å². The highest BCUT2D eigenvalue weighted by Crippen LogP contribution is 2.11. The zero-order chi connectivity index (χ0) is 11.4. The van der Waals surface area contributed by atoms with Crippen LogP contribution in [0.25, 0.3) is 0 Å². The second kappa shape index (κ2) is 5.11. The van der Waals surface area contributed by atoms with Gasteiger partial charge in [0.05, 0.1) is 0 Å². The van der Waals surface area contributed by atoms with Crippen molar-refractivity contribution < 1.29 is 14.7 Å². The van der Waals surface area contributed by atoms with Gasteiger partial charge in [0, 0.05) is 26.1 Å². The van der Waals surface area contributed by atoms with Crippen molar-refractivity contribution >= 4 is 11.8 Å². The predicted molar refractivity (Wildman–Crippen MR) is 55.1 cm³/mol. The summed E-state index contributed by atoms with van der Waals surface area (Å²) in [5.74, 6) is -0.258. The van der Waals surface area contributed by atoms with E-state index >= 15 is 0 Å². The van der Waals surface area contributed by atoms with Gasteiger partial charge in [-0.2, -0.15) is 0 Å². The number of piperidine rings is 1. The molecule has 2 N–H and O–H groups in total. The van der Waals surface area contributed by atoms with Crippen LogP contribution in [0.4, 0.5) is 0 Å². The molecule has 15 heavy (non-hydrogen) atoms. The third-order valence-corrected chi connectivity index (χ3v) is 2.57. The third kappa shape index (κ3) is 3.51. The molecule has 1 unspecified atom stereocenters. The van der Waals surface area contributed by atoms with Crippen molar-refractivity contribution in [2.24, 2.45) is 0 Å². The van der Waals surface area contributed by atoms with E-state index in [-0.39, 0.29) is 17.9 Å². The third-order valence-electron chi connectivity index (χ3n) is 2.57. The van der Waals surface area contributed by atoms with Crippen molar-refractivity contribution in [3.8, 4) is 0 Å². The molecule has 0 radical (unpaired) electrons. The van der Waals surface area contributed by atoms with Crippen LogP contribution in [0.15, 0.2) is 0 Å². The Morgan fingerprint density at radius 2 is 1.93 bits per heavy atom. The molecule has 0 aromatic carbocycles. The number of nitrogens with zero attached hydrogens (tertiary/aromatic N) is 1. The van der Waals surface area contributed by atoms with Gasteiger partial charge < -0.3 is 15.3 Å². The van der Waals surface area contributed by atoms with Gasteiger partial charge in [-0.3, -0.25) is 9.59 Å². The maximum absolute atomic E-state index is 11.4. The Kier molecular flexibility index (Phi) is 4.08. The average molecular weight is 214 g/mol. The Balaban J connectivity index is 2.35.